The fraction of sp³-hybridized carbons (Fsp3) is 0.900. The Morgan fingerprint density at radius 2 is 1.77 bits per heavy atom. The minimum Gasteiger partial charge on any atom is -0.393 e. The van der Waals surface area contributed by atoms with E-state index in [1.54, 1.807) is 5.57 Å². The molecular weight excluding hydrogens is 272 g/mol. The normalized spacial score (nSPS) is 57.6. The Morgan fingerprint density at radius 3 is 2.55 bits per heavy atom. The largest absolute Gasteiger partial charge is 0.393 e. The third kappa shape index (κ3) is 1.80. The summed E-state index contributed by atoms with van der Waals surface area (Å²) in [6, 6.07) is 0. The number of aliphatic hydroxyl groups is 2. The Bertz CT molecular complexity index is 498. The molecule has 4 rings (SSSR count). The molecule has 2 heteroatoms. The van der Waals surface area contributed by atoms with Crippen LogP contribution in [-0.4, -0.2) is 22.4 Å². The zero-order valence-electron chi connectivity index (χ0n) is 14.4. The Hall–Kier alpha value is -0.340. The van der Waals surface area contributed by atoms with E-state index in [1.807, 2.05) is 0 Å². The maximum Gasteiger partial charge on any atom is 0.0603 e. The van der Waals surface area contributed by atoms with Crippen molar-refractivity contribution in [3.63, 3.8) is 0 Å². The van der Waals surface area contributed by atoms with E-state index >= 15 is 0 Å². The molecule has 8 atom stereocenters. The Kier molecular flexibility index (Phi) is 3.34. The lowest BCUT2D eigenvalue weighted by atomic mass is 9.47. The van der Waals surface area contributed by atoms with E-state index in [0.717, 1.165) is 31.1 Å². The molecule has 0 aromatic heterocycles. The Balaban J connectivity index is 1.70. The van der Waals surface area contributed by atoms with Crippen molar-refractivity contribution < 1.29 is 10.2 Å². The van der Waals surface area contributed by atoms with Gasteiger partial charge in [-0.05, 0) is 73.5 Å². The maximum atomic E-state index is 10.5. The van der Waals surface area contributed by atoms with E-state index in [1.165, 1.54) is 25.7 Å². The summed E-state index contributed by atoms with van der Waals surface area (Å²) in [5, 5.41) is 20.8. The number of allylic oxidation sites excluding steroid dienone is 1. The number of hydrogen-bond acceptors (Lipinski definition) is 2. The second kappa shape index (κ2) is 4.83. The van der Waals surface area contributed by atoms with Crippen molar-refractivity contribution >= 4 is 0 Å². The molecule has 0 heterocycles. The van der Waals surface area contributed by atoms with Gasteiger partial charge in [0.25, 0.3) is 0 Å². The van der Waals surface area contributed by atoms with Gasteiger partial charge >= 0.3 is 0 Å². The molecule has 2 nitrogen and oxygen atoms in total. The van der Waals surface area contributed by atoms with E-state index in [-0.39, 0.29) is 17.6 Å². The first-order valence-electron chi connectivity index (χ1n) is 9.44. The van der Waals surface area contributed by atoms with Gasteiger partial charge in [-0.3, -0.25) is 0 Å². The van der Waals surface area contributed by atoms with Crippen LogP contribution in [0.25, 0.3) is 0 Å². The summed E-state index contributed by atoms with van der Waals surface area (Å²) in [5.74, 6) is 2.57. The molecular formula is C20H32O2. The highest BCUT2D eigenvalue weighted by atomic mass is 16.3. The molecule has 3 fully saturated rings. The van der Waals surface area contributed by atoms with Crippen molar-refractivity contribution in [2.75, 3.05) is 0 Å². The van der Waals surface area contributed by atoms with E-state index in [2.05, 4.69) is 26.8 Å². The van der Waals surface area contributed by atoms with Crippen LogP contribution in [0.5, 0.6) is 0 Å². The fourth-order valence-corrected chi connectivity index (χ4v) is 7.03. The first-order valence-corrected chi connectivity index (χ1v) is 9.44. The van der Waals surface area contributed by atoms with E-state index in [4.69, 9.17) is 0 Å². The molecule has 22 heavy (non-hydrogen) atoms. The lowest BCUT2D eigenvalue weighted by molar-refractivity contribution is -0.0764. The van der Waals surface area contributed by atoms with E-state index < -0.39 is 0 Å². The predicted octanol–water partition coefficient (Wildman–Crippen LogP) is 3.92. The van der Waals surface area contributed by atoms with Crippen molar-refractivity contribution in [3.8, 4) is 0 Å². The van der Waals surface area contributed by atoms with Crippen molar-refractivity contribution in [3.05, 3.63) is 11.6 Å². The van der Waals surface area contributed by atoms with Crippen LogP contribution in [-0.2, 0) is 0 Å². The monoisotopic (exact) mass is 304 g/mol. The van der Waals surface area contributed by atoms with Crippen molar-refractivity contribution in [1.29, 1.82) is 0 Å². The smallest absolute Gasteiger partial charge is 0.0603 e. The summed E-state index contributed by atoms with van der Waals surface area (Å²) >= 11 is 0. The van der Waals surface area contributed by atoms with Gasteiger partial charge in [-0.25, -0.2) is 0 Å². The van der Waals surface area contributed by atoms with Gasteiger partial charge in [0, 0.05) is 5.92 Å². The molecule has 4 aliphatic rings. The van der Waals surface area contributed by atoms with E-state index in [9.17, 15) is 10.2 Å². The van der Waals surface area contributed by atoms with Crippen LogP contribution in [0.15, 0.2) is 11.6 Å². The number of rotatable bonds is 0. The minimum atomic E-state index is -0.141. The molecule has 0 radical (unpaired) electrons. The lowest BCUT2D eigenvalue weighted by Crippen LogP contribution is -2.52. The fourth-order valence-electron chi connectivity index (χ4n) is 7.03. The molecule has 0 aliphatic heterocycles. The quantitative estimate of drug-likeness (QED) is 0.666. The summed E-state index contributed by atoms with van der Waals surface area (Å²) < 4.78 is 0. The Labute approximate surface area is 135 Å². The number of fused-ring (bicyclic) bond motifs is 5. The van der Waals surface area contributed by atoms with Crippen molar-refractivity contribution in [2.24, 2.45) is 34.5 Å². The first-order chi connectivity index (χ1) is 10.4. The van der Waals surface area contributed by atoms with Gasteiger partial charge in [0.1, 0.15) is 0 Å². The molecule has 0 aromatic carbocycles. The standard InChI is InChI=1S/C20H32O2/c1-12-14-5-4-13-15-6-7-18(22)20(15,3)10-8-16(13)19(14,2)11-9-17(12)21/h5,12-13,15-18,21-22H,4,6-11H2,1-3H3/t12?,13-,15-,16-,17?,18?,19-,20-/m0/s1. The zero-order chi connectivity index (χ0) is 15.7. The third-order valence-electron chi connectivity index (χ3n) is 8.50. The zero-order valence-corrected chi connectivity index (χ0v) is 14.4. The van der Waals surface area contributed by atoms with Crippen LogP contribution in [0.4, 0.5) is 0 Å². The van der Waals surface area contributed by atoms with Gasteiger partial charge in [0.05, 0.1) is 12.2 Å². The van der Waals surface area contributed by atoms with Gasteiger partial charge in [-0.15, -0.1) is 0 Å². The van der Waals surface area contributed by atoms with Crippen molar-refractivity contribution in [2.45, 2.75) is 77.9 Å². The SMILES string of the molecule is CC1C2=CC[C@@H]3[C@H](CC[C@]4(C)C(O)CC[C@@H]34)[C@@]2(C)CCC1O. The summed E-state index contributed by atoms with van der Waals surface area (Å²) in [5.41, 5.74) is 2.02. The summed E-state index contributed by atoms with van der Waals surface area (Å²) in [6.07, 6.45) is 10.3. The summed E-state index contributed by atoms with van der Waals surface area (Å²) in [6.45, 7) is 7.05. The molecule has 0 amide bonds. The minimum absolute atomic E-state index is 0.0799. The van der Waals surface area contributed by atoms with Gasteiger partial charge in [0.2, 0.25) is 0 Å². The van der Waals surface area contributed by atoms with Crippen LogP contribution >= 0.6 is 0 Å². The van der Waals surface area contributed by atoms with Crippen LogP contribution in [0.2, 0.25) is 0 Å². The van der Waals surface area contributed by atoms with Crippen molar-refractivity contribution in [1.82, 2.24) is 0 Å². The first kappa shape index (κ1) is 15.2. The number of hydrogen-bond donors (Lipinski definition) is 2. The molecule has 3 unspecified atom stereocenters. The molecule has 3 saturated carbocycles. The molecule has 124 valence electrons. The molecule has 0 bridgehead atoms. The highest BCUT2D eigenvalue weighted by Gasteiger charge is 2.59. The summed E-state index contributed by atoms with van der Waals surface area (Å²) in [4.78, 5) is 0. The highest BCUT2D eigenvalue weighted by Crippen LogP contribution is 2.65. The second-order valence-electron chi connectivity index (χ2n) is 9.22. The van der Waals surface area contributed by atoms with Gasteiger partial charge < -0.3 is 10.2 Å². The predicted molar refractivity (Wildman–Crippen MR) is 88.3 cm³/mol. The third-order valence-corrected chi connectivity index (χ3v) is 8.50. The van der Waals surface area contributed by atoms with Gasteiger partial charge in [0.15, 0.2) is 0 Å². The van der Waals surface area contributed by atoms with E-state index in [0.29, 0.717) is 17.3 Å². The van der Waals surface area contributed by atoms with Crippen LogP contribution in [0.3, 0.4) is 0 Å². The Morgan fingerprint density at radius 1 is 1.00 bits per heavy atom. The average molecular weight is 304 g/mol. The van der Waals surface area contributed by atoms with Crippen LogP contribution in [0.1, 0.15) is 65.7 Å². The van der Waals surface area contributed by atoms with Gasteiger partial charge in [-0.1, -0.05) is 32.4 Å². The molecule has 0 spiro atoms. The molecule has 0 aromatic rings. The molecule has 4 aliphatic carbocycles. The lowest BCUT2D eigenvalue weighted by Gasteiger charge is -2.58. The van der Waals surface area contributed by atoms with Crippen LogP contribution < -0.4 is 0 Å². The number of aliphatic hydroxyl groups excluding tert-OH is 2. The highest BCUT2D eigenvalue weighted by molar-refractivity contribution is 5.27. The summed E-state index contributed by atoms with van der Waals surface area (Å²) in [7, 11) is 0. The molecule has 0 saturated heterocycles. The van der Waals surface area contributed by atoms with Crippen LogP contribution in [0, 0.1) is 34.5 Å². The average Bonchev–Trinajstić information content (AvgIpc) is 2.79. The second-order valence-corrected chi connectivity index (χ2v) is 9.22. The van der Waals surface area contributed by atoms with Gasteiger partial charge in [-0.2, -0.15) is 0 Å². The maximum absolute atomic E-state index is 10.5. The molecule has 2 N–H and O–H groups in total. The topological polar surface area (TPSA) is 40.5 Å².